The minimum absolute atomic E-state index is 0. The van der Waals surface area contributed by atoms with Crippen LogP contribution in [0.5, 0.6) is 23.1 Å². The van der Waals surface area contributed by atoms with Crippen molar-refractivity contribution in [1.29, 1.82) is 0 Å². The average Bonchev–Trinajstić information content (AvgIpc) is 2.82. The zero-order valence-corrected chi connectivity index (χ0v) is 20.8. The monoisotopic (exact) mass is 548 g/mol. The van der Waals surface area contributed by atoms with E-state index in [0.717, 1.165) is 16.9 Å². The topological polar surface area (TPSA) is 77.0 Å². The second-order valence-corrected chi connectivity index (χ2v) is 6.61. The molecular formula is C24H29IN4O3. The maximum atomic E-state index is 5.87. The van der Waals surface area contributed by atoms with Crippen molar-refractivity contribution < 1.29 is 14.2 Å². The number of rotatable bonds is 9. The van der Waals surface area contributed by atoms with Gasteiger partial charge in [0.25, 0.3) is 0 Å². The lowest BCUT2D eigenvalue weighted by Crippen LogP contribution is -2.36. The molecule has 0 aliphatic heterocycles. The zero-order chi connectivity index (χ0) is 21.9. The Morgan fingerprint density at radius 1 is 0.906 bits per heavy atom. The van der Waals surface area contributed by atoms with Gasteiger partial charge in [-0.15, -0.1) is 24.0 Å². The number of pyridine rings is 1. The van der Waals surface area contributed by atoms with Crippen LogP contribution in [-0.2, 0) is 13.1 Å². The fraction of sp³-hybridized carbons (Fsp3) is 0.250. The van der Waals surface area contributed by atoms with E-state index in [1.165, 1.54) is 0 Å². The fourth-order valence-corrected chi connectivity index (χ4v) is 2.83. The average molecular weight is 548 g/mol. The number of aliphatic imine (C=N–C) groups is 1. The molecule has 0 amide bonds. The molecule has 8 heteroatoms. The molecule has 3 rings (SSSR count). The van der Waals surface area contributed by atoms with Gasteiger partial charge in [0.2, 0.25) is 5.88 Å². The SMILES string of the molecule is CCOc1ccccc1Oc1ccc(CNC(=NC)NCc2ccc(OC)cc2)cn1.I. The predicted octanol–water partition coefficient (Wildman–Crippen LogP) is 4.76. The van der Waals surface area contributed by atoms with Crippen LogP contribution < -0.4 is 24.8 Å². The van der Waals surface area contributed by atoms with E-state index in [0.29, 0.717) is 43.0 Å². The molecule has 1 aromatic heterocycles. The molecule has 0 aliphatic carbocycles. The van der Waals surface area contributed by atoms with Crippen molar-refractivity contribution in [2.45, 2.75) is 20.0 Å². The lowest BCUT2D eigenvalue weighted by molar-refractivity contribution is 0.319. The smallest absolute Gasteiger partial charge is 0.219 e. The Kier molecular flexibility index (Phi) is 10.6. The molecule has 0 unspecified atom stereocenters. The first kappa shape index (κ1) is 25.3. The van der Waals surface area contributed by atoms with Gasteiger partial charge in [0.1, 0.15) is 5.75 Å². The van der Waals surface area contributed by atoms with E-state index in [1.54, 1.807) is 20.4 Å². The number of halogens is 1. The van der Waals surface area contributed by atoms with Crippen LogP contribution >= 0.6 is 24.0 Å². The van der Waals surface area contributed by atoms with Gasteiger partial charge in [-0.3, -0.25) is 4.99 Å². The third-order valence-corrected chi connectivity index (χ3v) is 4.46. The van der Waals surface area contributed by atoms with E-state index in [1.807, 2.05) is 67.6 Å². The Morgan fingerprint density at radius 2 is 1.56 bits per heavy atom. The largest absolute Gasteiger partial charge is 0.497 e. The Balaban J connectivity index is 0.00000363. The molecule has 0 fully saturated rings. The highest BCUT2D eigenvalue weighted by molar-refractivity contribution is 14.0. The summed E-state index contributed by atoms with van der Waals surface area (Å²) < 4.78 is 16.6. The maximum Gasteiger partial charge on any atom is 0.219 e. The molecule has 1 heterocycles. The molecule has 3 aromatic rings. The quantitative estimate of drug-likeness (QED) is 0.228. The Hall–Kier alpha value is -3.01. The van der Waals surface area contributed by atoms with E-state index in [-0.39, 0.29) is 24.0 Å². The lowest BCUT2D eigenvalue weighted by atomic mass is 10.2. The minimum Gasteiger partial charge on any atom is -0.497 e. The van der Waals surface area contributed by atoms with Gasteiger partial charge in [0.15, 0.2) is 17.5 Å². The minimum atomic E-state index is 0. The first-order valence-electron chi connectivity index (χ1n) is 10.1. The van der Waals surface area contributed by atoms with Crippen LogP contribution in [0.2, 0.25) is 0 Å². The molecule has 0 atom stereocenters. The van der Waals surface area contributed by atoms with Crippen molar-refractivity contribution in [3.63, 3.8) is 0 Å². The molecule has 7 nitrogen and oxygen atoms in total. The molecule has 0 spiro atoms. The van der Waals surface area contributed by atoms with Crippen LogP contribution in [0.1, 0.15) is 18.1 Å². The maximum absolute atomic E-state index is 5.87. The molecule has 32 heavy (non-hydrogen) atoms. The standard InChI is InChI=1S/C24H28N4O3.HI/c1-4-30-21-7-5-6-8-22(21)31-23-14-11-19(16-26-23)17-28-24(25-2)27-15-18-9-12-20(29-3)13-10-18;/h5-14,16H,4,15,17H2,1-3H3,(H2,25,27,28);1H. The number of methoxy groups -OCH3 is 1. The molecule has 0 aliphatic rings. The molecule has 0 radical (unpaired) electrons. The van der Waals surface area contributed by atoms with Gasteiger partial charge in [-0.1, -0.05) is 30.3 Å². The molecule has 2 aromatic carbocycles. The molecule has 170 valence electrons. The summed E-state index contributed by atoms with van der Waals surface area (Å²) in [5.41, 5.74) is 2.15. The number of guanidine groups is 1. The van der Waals surface area contributed by atoms with E-state index < -0.39 is 0 Å². The number of nitrogens with one attached hydrogen (secondary N) is 2. The molecule has 0 bridgehead atoms. The van der Waals surface area contributed by atoms with Crippen molar-refractivity contribution in [2.75, 3.05) is 20.8 Å². The van der Waals surface area contributed by atoms with Crippen molar-refractivity contribution in [3.8, 4) is 23.1 Å². The fourth-order valence-electron chi connectivity index (χ4n) is 2.83. The highest BCUT2D eigenvalue weighted by Crippen LogP contribution is 2.30. The summed E-state index contributed by atoms with van der Waals surface area (Å²) in [5.74, 6) is 3.40. The third-order valence-electron chi connectivity index (χ3n) is 4.46. The predicted molar refractivity (Wildman–Crippen MR) is 137 cm³/mol. The van der Waals surface area contributed by atoms with Gasteiger partial charge in [-0.25, -0.2) is 4.98 Å². The number of hydrogen-bond acceptors (Lipinski definition) is 5. The van der Waals surface area contributed by atoms with Crippen molar-refractivity contribution >= 4 is 29.9 Å². The summed E-state index contributed by atoms with van der Waals surface area (Å²) in [6.45, 7) is 3.77. The molecule has 2 N–H and O–H groups in total. The van der Waals surface area contributed by atoms with Crippen LogP contribution in [0, 0.1) is 0 Å². The van der Waals surface area contributed by atoms with Crippen molar-refractivity contribution in [2.24, 2.45) is 4.99 Å². The number of para-hydroxylation sites is 2. The summed E-state index contributed by atoms with van der Waals surface area (Å²) in [6.07, 6.45) is 1.78. The first-order valence-corrected chi connectivity index (χ1v) is 10.1. The van der Waals surface area contributed by atoms with Gasteiger partial charge in [0.05, 0.1) is 13.7 Å². The summed E-state index contributed by atoms with van der Waals surface area (Å²) in [4.78, 5) is 8.66. The summed E-state index contributed by atoms with van der Waals surface area (Å²) in [7, 11) is 3.40. The van der Waals surface area contributed by atoms with E-state index in [2.05, 4.69) is 20.6 Å². The van der Waals surface area contributed by atoms with Gasteiger partial charge >= 0.3 is 0 Å². The van der Waals surface area contributed by atoms with Crippen molar-refractivity contribution in [3.05, 3.63) is 78.0 Å². The van der Waals surface area contributed by atoms with Gasteiger partial charge < -0.3 is 24.8 Å². The lowest BCUT2D eigenvalue weighted by Gasteiger charge is -2.13. The van der Waals surface area contributed by atoms with E-state index in [9.17, 15) is 0 Å². The molecule has 0 saturated heterocycles. The number of benzene rings is 2. The second kappa shape index (κ2) is 13.4. The number of aromatic nitrogens is 1. The van der Waals surface area contributed by atoms with E-state index in [4.69, 9.17) is 14.2 Å². The highest BCUT2D eigenvalue weighted by atomic mass is 127. The molecule has 0 saturated carbocycles. The molecular weight excluding hydrogens is 519 g/mol. The Bertz CT molecular complexity index is 979. The van der Waals surface area contributed by atoms with Crippen LogP contribution in [0.15, 0.2) is 71.9 Å². The van der Waals surface area contributed by atoms with Gasteiger partial charge in [-0.2, -0.15) is 0 Å². The highest BCUT2D eigenvalue weighted by Gasteiger charge is 2.06. The van der Waals surface area contributed by atoms with Crippen LogP contribution in [-0.4, -0.2) is 31.7 Å². The van der Waals surface area contributed by atoms with Crippen molar-refractivity contribution in [1.82, 2.24) is 15.6 Å². The second-order valence-electron chi connectivity index (χ2n) is 6.61. The zero-order valence-electron chi connectivity index (χ0n) is 18.5. The van der Waals surface area contributed by atoms with E-state index >= 15 is 0 Å². The Morgan fingerprint density at radius 3 is 2.16 bits per heavy atom. The first-order chi connectivity index (χ1) is 15.2. The normalized spacial score (nSPS) is 10.7. The summed E-state index contributed by atoms with van der Waals surface area (Å²) >= 11 is 0. The Labute approximate surface area is 206 Å². The summed E-state index contributed by atoms with van der Waals surface area (Å²) in [6, 6.07) is 19.3. The van der Waals surface area contributed by atoms with Gasteiger partial charge in [-0.05, 0) is 42.3 Å². The van der Waals surface area contributed by atoms with Crippen LogP contribution in [0.3, 0.4) is 0 Å². The number of nitrogens with zero attached hydrogens (tertiary/aromatic N) is 2. The number of ether oxygens (including phenoxy) is 3. The third kappa shape index (κ3) is 7.60. The van der Waals surface area contributed by atoms with Crippen LogP contribution in [0.25, 0.3) is 0 Å². The summed E-state index contributed by atoms with van der Waals surface area (Å²) in [5, 5.41) is 6.58. The van der Waals surface area contributed by atoms with Gasteiger partial charge in [0, 0.05) is 32.4 Å². The van der Waals surface area contributed by atoms with Crippen LogP contribution in [0.4, 0.5) is 0 Å². The number of hydrogen-bond donors (Lipinski definition) is 2.